The monoisotopic (exact) mass is 450 g/mol. The van der Waals surface area contributed by atoms with Gasteiger partial charge in [-0.2, -0.15) is 0 Å². The van der Waals surface area contributed by atoms with E-state index in [1.54, 1.807) is 45.0 Å². The van der Waals surface area contributed by atoms with Gasteiger partial charge in [0.1, 0.15) is 22.5 Å². The van der Waals surface area contributed by atoms with E-state index in [9.17, 15) is 18.3 Å². The minimum atomic E-state index is -3.98. The number of aliphatic hydroxyl groups excluding tert-OH is 1. The molecule has 1 atom stereocenters. The van der Waals surface area contributed by atoms with Gasteiger partial charge in [0, 0.05) is 17.8 Å². The Morgan fingerprint density at radius 2 is 1.77 bits per heavy atom. The summed E-state index contributed by atoms with van der Waals surface area (Å²) in [5.74, 6) is -0.206. The average molecular weight is 451 g/mol. The molecule has 0 saturated carbocycles. The lowest BCUT2D eigenvalue weighted by Gasteiger charge is -2.17. The van der Waals surface area contributed by atoms with E-state index in [-0.39, 0.29) is 29.3 Å². The standard InChI is InChI=1S/C22H30N2O6S/c1-6-29-19-13-16(23-22(26)21(25)14(2)3)10-11-20(19)31(27,28)24-17-8-7-9-18(12-17)30-15(4)5/h7-15,21,24-25H,6H2,1-5H3,(H,23,26)/t21-/m0/s1. The highest BCUT2D eigenvalue weighted by Gasteiger charge is 2.23. The maximum atomic E-state index is 13.0. The quantitative estimate of drug-likeness (QED) is 0.509. The van der Waals surface area contributed by atoms with Crippen molar-refractivity contribution in [2.45, 2.75) is 51.7 Å². The summed E-state index contributed by atoms with van der Waals surface area (Å²) >= 11 is 0. The first kappa shape index (κ1) is 24.5. The van der Waals surface area contributed by atoms with Gasteiger partial charge < -0.3 is 19.9 Å². The van der Waals surface area contributed by atoms with Crippen LogP contribution in [0.4, 0.5) is 11.4 Å². The van der Waals surface area contributed by atoms with Crippen LogP contribution in [0.15, 0.2) is 47.4 Å². The molecule has 8 nitrogen and oxygen atoms in total. The molecule has 3 N–H and O–H groups in total. The van der Waals surface area contributed by atoms with Crippen LogP contribution in [0.2, 0.25) is 0 Å². The van der Waals surface area contributed by atoms with E-state index in [2.05, 4.69) is 10.0 Å². The number of amides is 1. The van der Waals surface area contributed by atoms with Crippen molar-refractivity contribution in [3.63, 3.8) is 0 Å². The van der Waals surface area contributed by atoms with Crippen molar-refractivity contribution >= 4 is 27.3 Å². The maximum absolute atomic E-state index is 13.0. The number of rotatable bonds is 10. The first-order valence-electron chi connectivity index (χ1n) is 10.1. The number of benzene rings is 2. The van der Waals surface area contributed by atoms with E-state index in [4.69, 9.17) is 9.47 Å². The molecule has 2 rings (SSSR count). The molecule has 0 aromatic heterocycles. The lowest BCUT2D eigenvalue weighted by molar-refractivity contribution is -0.125. The Morgan fingerprint density at radius 1 is 1.06 bits per heavy atom. The summed E-state index contributed by atoms with van der Waals surface area (Å²) < 4.78 is 39.6. The number of aliphatic hydroxyl groups is 1. The van der Waals surface area contributed by atoms with Crippen LogP contribution in [-0.2, 0) is 14.8 Å². The Balaban J connectivity index is 2.30. The molecule has 0 aliphatic heterocycles. The highest BCUT2D eigenvalue weighted by Crippen LogP contribution is 2.30. The first-order valence-corrected chi connectivity index (χ1v) is 11.6. The van der Waals surface area contributed by atoms with E-state index in [0.717, 1.165) is 0 Å². The smallest absolute Gasteiger partial charge is 0.265 e. The zero-order valence-corrected chi connectivity index (χ0v) is 19.2. The van der Waals surface area contributed by atoms with Gasteiger partial charge in [0.15, 0.2) is 0 Å². The Hall–Kier alpha value is -2.78. The minimum absolute atomic E-state index is 0.0478. The minimum Gasteiger partial charge on any atom is -0.492 e. The second-order valence-corrected chi connectivity index (χ2v) is 9.22. The summed E-state index contributed by atoms with van der Waals surface area (Å²) in [6.45, 7) is 9.16. The molecule has 0 bridgehead atoms. The predicted octanol–water partition coefficient (Wildman–Crippen LogP) is 3.63. The summed E-state index contributed by atoms with van der Waals surface area (Å²) in [7, 11) is -3.98. The first-order chi connectivity index (χ1) is 14.5. The number of ether oxygens (including phenoxy) is 2. The van der Waals surface area contributed by atoms with Crippen LogP contribution in [0.25, 0.3) is 0 Å². The van der Waals surface area contributed by atoms with E-state index >= 15 is 0 Å². The highest BCUT2D eigenvalue weighted by molar-refractivity contribution is 7.92. The number of carbonyl (C=O) groups excluding carboxylic acids is 1. The molecule has 0 spiro atoms. The van der Waals surface area contributed by atoms with Crippen LogP contribution in [-0.4, -0.2) is 38.2 Å². The molecule has 0 aliphatic carbocycles. The van der Waals surface area contributed by atoms with Crippen LogP contribution in [0, 0.1) is 5.92 Å². The van der Waals surface area contributed by atoms with E-state index in [0.29, 0.717) is 17.1 Å². The van der Waals surface area contributed by atoms with Crippen molar-refractivity contribution < 1.29 is 27.8 Å². The molecule has 0 aliphatic rings. The average Bonchev–Trinajstić information content (AvgIpc) is 2.67. The van der Waals surface area contributed by atoms with Gasteiger partial charge in [-0.3, -0.25) is 9.52 Å². The van der Waals surface area contributed by atoms with Crippen molar-refractivity contribution in [2.24, 2.45) is 5.92 Å². The van der Waals surface area contributed by atoms with Crippen molar-refractivity contribution in [1.29, 1.82) is 0 Å². The van der Waals surface area contributed by atoms with Crippen molar-refractivity contribution in [3.05, 3.63) is 42.5 Å². The number of hydrogen-bond donors (Lipinski definition) is 3. The molecule has 31 heavy (non-hydrogen) atoms. The molecule has 9 heteroatoms. The predicted molar refractivity (Wildman–Crippen MR) is 120 cm³/mol. The number of anilines is 2. The zero-order chi connectivity index (χ0) is 23.2. The summed E-state index contributed by atoms with van der Waals surface area (Å²) in [4.78, 5) is 12.0. The third-order valence-corrected chi connectivity index (χ3v) is 5.58. The van der Waals surface area contributed by atoms with Gasteiger partial charge >= 0.3 is 0 Å². The van der Waals surface area contributed by atoms with Crippen molar-refractivity contribution in [1.82, 2.24) is 0 Å². The summed E-state index contributed by atoms with van der Waals surface area (Å²) in [6.07, 6.45) is -1.23. The van der Waals surface area contributed by atoms with Crippen LogP contribution in [0.3, 0.4) is 0 Å². The van der Waals surface area contributed by atoms with Gasteiger partial charge in [-0.25, -0.2) is 8.42 Å². The Morgan fingerprint density at radius 3 is 2.39 bits per heavy atom. The molecule has 0 saturated heterocycles. The lowest BCUT2D eigenvalue weighted by Crippen LogP contribution is -2.31. The fraction of sp³-hybridized carbons (Fsp3) is 0.409. The Kier molecular flexibility index (Phi) is 8.29. The van der Waals surface area contributed by atoms with Gasteiger partial charge in [0.2, 0.25) is 0 Å². The van der Waals surface area contributed by atoms with Gasteiger partial charge in [-0.15, -0.1) is 0 Å². The van der Waals surface area contributed by atoms with E-state index in [1.165, 1.54) is 18.2 Å². The second-order valence-electron chi connectivity index (χ2n) is 7.57. The fourth-order valence-electron chi connectivity index (χ4n) is 2.71. The molecule has 2 aromatic rings. The molecule has 0 fully saturated rings. The maximum Gasteiger partial charge on any atom is 0.265 e. The Labute approximate surface area is 183 Å². The van der Waals surface area contributed by atoms with Crippen LogP contribution >= 0.6 is 0 Å². The largest absolute Gasteiger partial charge is 0.492 e. The molecule has 2 aromatic carbocycles. The molecule has 0 heterocycles. The fourth-order valence-corrected chi connectivity index (χ4v) is 3.89. The van der Waals surface area contributed by atoms with Crippen LogP contribution < -0.4 is 19.5 Å². The summed E-state index contributed by atoms with van der Waals surface area (Å²) in [5.41, 5.74) is 0.664. The van der Waals surface area contributed by atoms with E-state index < -0.39 is 22.0 Å². The summed E-state index contributed by atoms with van der Waals surface area (Å²) in [5, 5.41) is 12.5. The molecular weight excluding hydrogens is 420 g/mol. The number of carbonyl (C=O) groups is 1. The third kappa shape index (κ3) is 6.86. The normalized spacial score (nSPS) is 12.5. The van der Waals surface area contributed by atoms with Gasteiger partial charge in [-0.05, 0) is 51.0 Å². The topological polar surface area (TPSA) is 114 Å². The number of sulfonamides is 1. The molecule has 0 unspecified atom stereocenters. The molecule has 170 valence electrons. The van der Waals surface area contributed by atoms with Gasteiger partial charge in [0.05, 0.1) is 18.4 Å². The second kappa shape index (κ2) is 10.5. The summed E-state index contributed by atoms with van der Waals surface area (Å²) in [6, 6.07) is 10.9. The van der Waals surface area contributed by atoms with Crippen LogP contribution in [0.5, 0.6) is 11.5 Å². The Bertz CT molecular complexity index is 1000. The lowest BCUT2D eigenvalue weighted by atomic mass is 10.1. The van der Waals surface area contributed by atoms with Crippen LogP contribution in [0.1, 0.15) is 34.6 Å². The number of nitrogens with one attached hydrogen (secondary N) is 2. The van der Waals surface area contributed by atoms with Gasteiger partial charge in [0.25, 0.3) is 15.9 Å². The zero-order valence-electron chi connectivity index (χ0n) is 18.4. The highest BCUT2D eigenvalue weighted by atomic mass is 32.2. The van der Waals surface area contributed by atoms with Gasteiger partial charge in [-0.1, -0.05) is 19.9 Å². The molecular formula is C22H30N2O6S. The molecule has 1 amide bonds. The third-order valence-electron chi connectivity index (χ3n) is 4.16. The number of hydrogen-bond acceptors (Lipinski definition) is 6. The SMILES string of the molecule is CCOc1cc(NC(=O)[C@@H](O)C(C)C)ccc1S(=O)(=O)Nc1cccc(OC(C)C)c1. The van der Waals surface area contributed by atoms with E-state index in [1.807, 2.05) is 13.8 Å². The van der Waals surface area contributed by atoms with Crippen molar-refractivity contribution in [2.75, 3.05) is 16.6 Å². The van der Waals surface area contributed by atoms with Crippen molar-refractivity contribution in [3.8, 4) is 11.5 Å². The molecule has 0 radical (unpaired) electrons.